The van der Waals surface area contributed by atoms with Gasteiger partial charge >= 0.3 is 0 Å². The monoisotopic (exact) mass is 379 g/mol. The molecule has 134 valence electrons. The second-order valence-corrected chi connectivity index (χ2v) is 8.44. The Morgan fingerprint density at radius 2 is 1.76 bits per heavy atom. The molecule has 3 rings (SSSR count). The molecule has 25 heavy (non-hydrogen) atoms. The van der Waals surface area contributed by atoms with Crippen molar-refractivity contribution in [2.75, 3.05) is 39.3 Å². The lowest BCUT2D eigenvalue weighted by molar-refractivity contribution is -1.01. The van der Waals surface area contributed by atoms with E-state index in [1.54, 1.807) is 16.2 Å². The van der Waals surface area contributed by atoms with Gasteiger partial charge in [-0.25, -0.2) is 0 Å². The number of thiophene rings is 1. The van der Waals surface area contributed by atoms with Gasteiger partial charge in [0.1, 0.15) is 32.7 Å². The molecule has 2 aromatic rings. The van der Waals surface area contributed by atoms with E-state index >= 15 is 0 Å². The van der Waals surface area contributed by atoms with Crippen LogP contribution in [0.25, 0.3) is 0 Å². The second kappa shape index (κ2) is 9.34. The zero-order valence-corrected chi connectivity index (χ0v) is 16.0. The van der Waals surface area contributed by atoms with Crippen LogP contribution in [0.4, 0.5) is 0 Å². The topological polar surface area (TPSA) is 38.0 Å². The number of benzene rings is 1. The highest BCUT2D eigenvalue weighted by Gasteiger charge is 2.25. The predicted octanol–water partition coefficient (Wildman–Crippen LogP) is 0.0438. The van der Waals surface area contributed by atoms with Gasteiger partial charge in [0.15, 0.2) is 6.54 Å². The van der Waals surface area contributed by atoms with Crippen LogP contribution in [0.1, 0.15) is 10.4 Å². The van der Waals surface area contributed by atoms with Gasteiger partial charge in [-0.2, -0.15) is 0 Å². The highest BCUT2D eigenvalue weighted by atomic mass is 35.5. The number of carbonyl (C=O) groups excluding carboxylic acids is 1. The Morgan fingerprint density at radius 1 is 1.04 bits per heavy atom. The fourth-order valence-electron chi connectivity index (χ4n) is 3.28. The quantitative estimate of drug-likeness (QED) is 0.624. The SMILES string of the molecule is O=C(C[NH+]1CC[NH+](Cc2ccc(Cl)s2)CC1)NCCc1ccccc1. The number of hydrogen-bond donors (Lipinski definition) is 3. The molecule has 0 unspecified atom stereocenters. The summed E-state index contributed by atoms with van der Waals surface area (Å²) < 4.78 is 0.867. The smallest absolute Gasteiger partial charge is 0.275 e. The van der Waals surface area contributed by atoms with Crippen molar-refractivity contribution in [3.8, 4) is 0 Å². The maximum absolute atomic E-state index is 12.1. The van der Waals surface area contributed by atoms with E-state index in [2.05, 4.69) is 23.5 Å². The molecule has 0 saturated carbocycles. The van der Waals surface area contributed by atoms with Crippen LogP contribution >= 0.6 is 22.9 Å². The molecule has 0 spiro atoms. The minimum absolute atomic E-state index is 0.166. The van der Waals surface area contributed by atoms with E-state index in [1.807, 2.05) is 24.3 Å². The summed E-state index contributed by atoms with van der Waals surface area (Å²) in [5.74, 6) is 0.166. The van der Waals surface area contributed by atoms with Crippen LogP contribution in [0.5, 0.6) is 0 Å². The summed E-state index contributed by atoms with van der Waals surface area (Å²) in [5.41, 5.74) is 1.26. The van der Waals surface area contributed by atoms with Crippen molar-refractivity contribution in [2.45, 2.75) is 13.0 Å². The molecule has 4 nitrogen and oxygen atoms in total. The zero-order valence-electron chi connectivity index (χ0n) is 14.4. The molecule has 6 heteroatoms. The highest BCUT2D eigenvalue weighted by molar-refractivity contribution is 7.16. The number of amides is 1. The number of nitrogens with one attached hydrogen (secondary N) is 3. The van der Waals surface area contributed by atoms with Crippen molar-refractivity contribution in [2.24, 2.45) is 0 Å². The van der Waals surface area contributed by atoms with Crippen molar-refractivity contribution in [1.29, 1.82) is 0 Å². The molecule has 1 amide bonds. The molecule has 2 heterocycles. The minimum atomic E-state index is 0.166. The molecular formula is C19H26ClN3OS+2. The van der Waals surface area contributed by atoms with Gasteiger partial charge in [-0.1, -0.05) is 41.9 Å². The summed E-state index contributed by atoms with van der Waals surface area (Å²) in [5, 5.41) is 3.05. The van der Waals surface area contributed by atoms with E-state index in [4.69, 9.17) is 11.6 Å². The lowest BCUT2D eigenvalue weighted by atomic mass is 10.1. The van der Waals surface area contributed by atoms with Gasteiger partial charge in [0.2, 0.25) is 0 Å². The fourth-order valence-corrected chi connectivity index (χ4v) is 4.44. The van der Waals surface area contributed by atoms with Gasteiger partial charge in [0.05, 0.1) is 9.21 Å². The van der Waals surface area contributed by atoms with E-state index in [0.717, 1.165) is 43.5 Å². The number of quaternary nitrogens is 2. The summed E-state index contributed by atoms with van der Waals surface area (Å²) in [6, 6.07) is 14.4. The average Bonchev–Trinajstić information content (AvgIpc) is 3.02. The van der Waals surface area contributed by atoms with Crippen molar-refractivity contribution >= 4 is 28.8 Å². The fraction of sp³-hybridized carbons (Fsp3) is 0.421. The molecule has 0 radical (unpaired) electrons. The molecule has 1 saturated heterocycles. The Bertz CT molecular complexity index is 668. The summed E-state index contributed by atoms with van der Waals surface area (Å²) in [6.45, 7) is 6.69. The van der Waals surface area contributed by atoms with E-state index in [1.165, 1.54) is 15.3 Å². The Balaban J connectivity index is 1.32. The molecule has 0 bridgehead atoms. The van der Waals surface area contributed by atoms with Crippen LogP contribution < -0.4 is 15.1 Å². The average molecular weight is 380 g/mol. The van der Waals surface area contributed by atoms with Gasteiger partial charge in [0, 0.05) is 6.54 Å². The summed E-state index contributed by atoms with van der Waals surface area (Å²) >= 11 is 7.67. The van der Waals surface area contributed by atoms with E-state index in [0.29, 0.717) is 13.1 Å². The van der Waals surface area contributed by atoms with Crippen molar-refractivity contribution in [3.05, 3.63) is 57.2 Å². The molecule has 1 aliphatic heterocycles. The number of halogens is 1. The van der Waals surface area contributed by atoms with Crippen LogP contribution in [0.3, 0.4) is 0 Å². The van der Waals surface area contributed by atoms with Gasteiger partial charge < -0.3 is 15.1 Å². The molecule has 1 aliphatic rings. The number of hydrogen-bond acceptors (Lipinski definition) is 2. The van der Waals surface area contributed by atoms with Gasteiger partial charge in [-0.3, -0.25) is 4.79 Å². The number of rotatable bonds is 7. The molecule has 0 atom stereocenters. The normalized spacial score (nSPS) is 20.4. The zero-order chi connectivity index (χ0) is 17.5. The molecule has 3 N–H and O–H groups in total. The second-order valence-electron chi connectivity index (χ2n) is 6.64. The molecule has 1 fully saturated rings. The maximum atomic E-state index is 12.1. The van der Waals surface area contributed by atoms with E-state index in [9.17, 15) is 4.79 Å². The first-order valence-corrected chi connectivity index (χ1v) is 10.1. The maximum Gasteiger partial charge on any atom is 0.275 e. The van der Waals surface area contributed by atoms with Crippen LogP contribution in [-0.4, -0.2) is 45.2 Å². The van der Waals surface area contributed by atoms with Gasteiger partial charge in [-0.05, 0) is 24.1 Å². The Hall–Kier alpha value is -1.40. The first kappa shape index (κ1) is 18.4. The largest absolute Gasteiger partial charge is 0.351 e. The highest BCUT2D eigenvalue weighted by Crippen LogP contribution is 2.20. The Labute approximate surface area is 158 Å². The van der Waals surface area contributed by atoms with Crippen LogP contribution in [0.15, 0.2) is 42.5 Å². The van der Waals surface area contributed by atoms with E-state index < -0.39 is 0 Å². The first-order valence-electron chi connectivity index (χ1n) is 8.91. The number of piperazine rings is 1. The summed E-state index contributed by atoms with van der Waals surface area (Å²) in [4.78, 5) is 16.5. The predicted molar refractivity (Wildman–Crippen MR) is 102 cm³/mol. The van der Waals surface area contributed by atoms with E-state index in [-0.39, 0.29) is 5.91 Å². The molecule has 1 aromatic heterocycles. The molecule has 0 aliphatic carbocycles. The first-order chi connectivity index (χ1) is 12.2. The minimum Gasteiger partial charge on any atom is -0.351 e. The standard InChI is InChI=1S/C19H24ClN3OS/c20-18-7-6-17(25-18)14-22-10-12-23(13-11-22)15-19(24)21-9-8-16-4-2-1-3-5-16/h1-7H,8-15H2,(H,21,24)/p+2. The Morgan fingerprint density at radius 3 is 2.44 bits per heavy atom. The van der Waals surface area contributed by atoms with Crippen LogP contribution in [0, 0.1) is 0 Å². The van der Waals surface area contributed by atoms with Crippen LogP contribution in [-0.2, 0) is 17.8 Å². The van der Waals surface area contributed by atoms with Gasteiger partial charge in [0.25, 0.3) is 5.91 Å². The lowest BCUT2D eigenvalue weighted by Crippen LogP contribution is -3.28. The molecule has 1 aromatic carbocycles. The third kappa shape index (κ3) is 6.12. The van der Waals surface area contributed by atoms with Gasteiger partial charge in [-0.15, -0.1) is 11.3 Å². The lowest BCUT2D eigenvalue weighted by Gasteiger charge is -2.29. The summed E-state index contributed by atoms with van der Waals surface area (Å²) in [6.07, 6.45) is 0.892. The number of carbonyl (C=O) groups is 1. The van der Waals surface area contributed by atoms with Crippen LogP contribution in [0.2, 0.25) is 4.34 Å². The van der Waals surface area contributed by atoms with Crippen molar-refractivity contribution in [3.63, 3.8) is 0 Å². The van der Waals surface area contributed by atoms with Crippen molar-refractivity contribution in [1.82, 2.24) is 5.32 Å². The third-order valence-electron chi connectivity index (χ3n) is 4.71. The van der Waals surface area contributed by atoms with Crippen molar-refractivity contribution < 1.29 is 14.6 Å². The third-order valence-corrected chi connectivity index (χ3v) is 5.94. The Kier molecular flexibility index (Phi) is 6.87. The molecular weight excluding hydrogens is 354 g/mol. The summed E-state index contributed by atoms with van der Waals surface area (Å²) in [7, 11) is 0.